The van der Waals surface area contributed by atoms with Crippen molar-refractivity contribution >= 4 is 16.3 Å². The van der Waals surface area contributed by atoms with Gasteiger partial charge in [-0.2, -0.15) is 9.61 Å². The minimum Gasteiger partial charge on any atom is -0.265 e. The molecule has 0 radical (unpaired) electrons. The van der Waals surface area contributed by atoms with Gasteiger partial charge in [0.25, 0.3) is 0 Å². The fraction of sp³-hybridized carbons (Fsp3) is 0.300. The highest BCUT2D eigenvalue weighted by Crippen LogP contribution is 2.30. The summed E-state index contributed by atoms with van der Waals surface area (Å²) in [4.78, 5) is 4.87. The smallest absolute Gasteiger partial charge is 0.234 e. The van der Waals surface area contributed by atoms with E-state index in [4.69, 9.17) is 5.10 Å². The number of hydrogen-bond acceptors (Lipinski definition) is 5. The molecule has 1 atom stereocenters. The first-order chi connectivity index (χ1) is 12.6. The van der Waals surface area contributed by atoms with Crippen LogP contribution in [0.5, 0.6) is 0 Å². The third kappa shape index (κ3) is 3.24. The van der Waals surface area contributed by atoms with Crippen molar-refractivity contribution in [1.29, 1.82) is 0 Å². The second-order valence-electron chi connectivity index (χ2n) is 6.96. The van der Waals surface area contributed by atoms with Gasteiger partial charge in [-0.1, -0.05) is 56.4 Å². The summed E-state index contributed by atoms with van der Waals surface area (Å²) in [6.07, 6.45) is 4.62. The molecule has 0 aliphatic carbocycles. The van der Waals surface area contributed by atoms with E-state index in [-0.39, 0.29) is 5.92 Å². The van der Waals surface area contributed by atoms with Crippen LogP contribution in [-0.4, -0.2) is 24.8 Å². The van der Waals surface area contributed by atoms with E-state index in [0.29, 0.717) is 5.92 Å². The number of pyridine rings is 1. The molecule has 0 saturated carbocycles. The summed E-state index contributed by atoms with van der Waals surface area (Å²) in [5.74, 6) is 1.65. The molecule has 132 valence electrons. The Kier molecular flexibility index (Phi) is 4.51. The number of aromatic nitrogens is 5. The molecule has 5 nitrogen and oxygen atoms in total. The Morgan fingerprint density at radius 2 is 1.69 bits per heavy atom. The minimum absolute atomic E-state index is 0.222. The Morgan fingerprint density at radius 3 is 2.38 bits per heavy atom. The van der Waals surface area contributed by atoms with Crippen molar-refractivity contribution in [2.24, 2.45) is 5.92 Å². The van der Waals surface area contributed by atoms with Crippen molar-refractivity contribution in [2.75, 3.05) is 0 Å². The molecule has 1 aromatic carbocycles. The molecule has 0 bridgehead atoms. The number of rotatable bonds is 5. The maximum absolute atomic E-state index is 4.79. The fourth-order valence-electron chi connectivity index (χ4n) is 3.04. The first kappa shape index (κ1) is 16.8. The van der Waals surface area contributed by atoms with Crippen LogP contribution < -0.4 is 0 Å². The summed E-state index contributed by atoms with van der Waals surface area (Å²) in [5, 5.41) is 14.4. The molecule has 6 heteroatoms. The van der Waals surface area contributed by atoms with Crippen LogP contribution in [0.15, 0.2) is 48.8 Å². The molecule has 0 amide bonds. The molecule has 0 fully saturated rings. The molecule has 0 unspecified atom stereocenters. The molecule has 0 saturated heterocycles. The average molecular weight is 363 g/mol. The van der Waals surface area contributed by atoms with Crippen molar-refractivity contribution in [3.05, 3.63) is 64.9 Å². The number of nitrogens with zero attached hydrogens (tertiary/aromatic N) is 5. The predicted octanol–water partition coefficient (Wildman–Crippen LogP) is 4.60. The Morgan fingerprint density at radius 1 is 0.962 bits per heavy atom. The lowest BCUT2D eigenvalue weighted by atomic mass is 9.97. The second kappa shape index (κ2) is 6.96. The fourth-order valence-corrected chi connectivity index (χ4v) is 3.96. The quantitative estimate of drug-likeness (QED) is 0.520. The zero-order valence-electron chi connectivity index (χ0n) is 15.1. The van der Waals surface area contributed by atoms with Crippen LogP contribution in [0.1, 0.15) is 42.8 Å². The largest absolute Gasteiger partial charge is 0.265 e. The maximum atomic E-state index is 4.79. The summed E-state index contributed by atoms with van der Waals surface area (Å²) < 4.78 is 1.83. The van der Waals surface area contributed by atoms with Crippen LogP contribution in [0.4, 0.5) is 0 Å². The van der Waals surface area contributed by atoms with Crippen molar-refractivity contribution in [2.45, 2.75) is 33.1 Å². The van der Waals surface area contributed by atoms with Gasteiger partial charge in [-0.15, -0.1) is 10.2 Å². The Hall–Kier alpha value is -2.60. The molecule has 4 aromatic rings. The monoisotopic (exact) mass is 363 g/mol. The highest BCUT2D eigenvalue weighted by Gasteiger charge is 2.18. The minimum atomic E-state index is 0.222. The van der Waals surface area contributed by atoms with Crippen LogP contribution in [-0.2, 0) is 6.42 Å². The van der Waals surface area contributed by atoms with Crippen LogP contribution in [0.2, 0.25) is 0 Å². The molecule has 0 spiro atoms. The average Bonchev–Trinajstić information content (AvgIpc) is 3.22. The van der Waals surface area contributed by atoms with Gasteiger partial charge in [0.15, 0.2) is 5.82 Å². The molecule has 26 heavy (non-hydrogen) atoms. The van der Waals surface area contributed by atoms with Gasteiger partial charge < -0.3 is 0 Å². The molecular weight excluding hydrogens is 342 g/mol. The molecule has 0 N–H and O–H groups in total. The Balaban J connectivity index is 1.63. The molecule has 4 rings (SSSR count). The molecule has 3 aromatic heterocycles. The van der Waals surface area contributed by atoms with Crippen molar-refractivity contribution < 1.29 is 0 Å². The molecule has 3 heterocycles. The van der Waals surface area contributed by atoms with Crippen molar-refractivity contribution in [1.82, 2.24) is 24.8 Å². The molecule has 0 aliphatic heterocycles. The van der Waals surface area contributed by atoms with E-state index in [0.717, 1.165) is 27.8 Å². The summed E-state index contributed by atoms with van der Waals surface area (Å²) in [7, 11) is 0. The topological polar surface area (TPSA) is 56.0 Å². The third-order valence-electron chi connectivity index (χ3n) is 4.44. The Bertz CT molecular complexity index is 1000. The van der Waals surface area contributed by atoms with Crippen LogP contribution in [0.25, 0.3) is 16.3 Å². The molecule has 0 aliphatic rings. The lowest BCUT2D eigenvalue weighted by Gasteiger charge is -2.10. The number of fused-ring (bicyclic) bond motifs is 1. The van der Waals surface area contributed by atoms with Crippen LogP contribution >= 0.6 is 11.3 Å². The lowest BCUT2D eigenvalue weighted by molar-refractivity contribution is 0.647. The summed E-state index contributed by atoms with van der Waals surface area (Å²) in [6, 6.07) is 12.7. The zero-order valence-corrected chi connectivity index (χ0v) is 15.9. The maximum Gasteiger partial charge on any atom is 0.234 e. The van der Waals surface area contributed by atoms with E-state index in [2.05, 4.69) is 60.2 Å². The first-order valence-corrected chi connectivity index (χ1v) is 9.65. The summed E-state index contributed by atoms with van der Waals surface area (Å²) in [6.45, 7) is 6.68. The highest BCUT2D eigenvalue weighted by molar-refractivity contribution is 7.16. The standard InChI is InChI=1S/C20H21N5S/c1-13(2)12-15-4-6-16(7-5-15)14(3)19-24-25-18(22-23-20(25)26-19)17-8-10-21-11-9-17/h4-11,13-14H,12H2,1-3H3/t14-/m0/s1. The van der Waals surface area contributed by atoms with E-state index in [1.54, 1.807) is 23.7 Å². The van der Waals surface area contributed by atoms with Crippen molar-refractivity contribution in [3.63, 3.8) is 0 Å². The van der Waals surface area contributed by atoms with E-state index < -0.39 is 0 Å². The van der Waals surface area contributed by atoms with Gasteiger partial charge in [0.2, 0.25) is 4.96 Å². The molecular formula is C20H21N5S. The van der Waals surface area contributed by atoms with Gasteiger partial charge in [-0.25, -0.2) is 0 Å². The van der Waals surface area contributed by atoms with Crippen LogP contribution in [0, 0.1) is 5.92 Å². The van der Waals surface area contributed by atoms with Crippen LogP contribution in [0.3, 0.4) is 0 Å². The van der Waals surface area contributed by atoms with E-state index in [1.807, 2.05) is 16.6 Å². The SMILES string of the molecule is CC(C)Cc1ccc([C@H](C)c2nn3c(-c4ccncc4)nnc3s2)cc1. The van der Waals surface area contributed by atoms with Gasteiger partial charge in [-0.05, 0) is 35.6 Å². The van der Waals surface area contributed by atoms with E-state index >= 15 is 0 Å². The second-order valence-corrected chi connectivity index (χ2v) is 7.94. The van der Waals surface area contributed by atoms with Crippen molar-refractivity contribution in [3.8, 4) is 11.4 Å². The zero-order chi connectivity index (χ0) is 18.1. The third-order valence-corrected chi connectivity index (χ3v) is 5.52. The van der Waals surface area contributed by atoms with Gasteiger partial charge in [0, 0.05) is 23.9 Å². The predicted molar refractivity (Wildman–Crippen MR) is 104 cm³/mol. The first-order valence-electron chi connectivity index (χ1n) is 8.83. The van der Waals surface area contributed by atoms with Gasteiger partial charge >= 0.3 is 0 Å². The number of benzene rings is 1. The Labute approximate surface area is 156 Å². The summed E-state index contributed by atoms with van der Waals surface area (Å²) >= 11 is 1.59. The van der Waals surface area contributed by atoms with E-state index in [9.17, 15) is 0 Å². The van der Waals surface area contributed by atoms with Gasteiger partial charge in [0.1, 0.15) is 5.01 Å². The van der Waals surface area contributed by atoms with Gasteiger partial charge in [0.05, 0.1) is 0 Å². The normalized spacial score (nSPS) is 12.8. The number of hydrogen-bond donors (Lipinski definition) is 0. The van der Waals surface area contributed by atoms with Gasteiger partial charge in [-0.3, -0.25) is 4.98 Å². The van der Waals surface area contributed by atoms with E-state index in [1.165, 1.54) is 11.1 Å². The summed E-state index contributed by atoms with van der Waals surface area (Å²) in [5.41, 5.74) is 3.62. The highest BCUT2D eigenvalue weighted by atomic mass is 32.1. The lowest BCUT2D eigenvalue weighted by Crippen LogP contribution is -1.99.